The third kappa shape index (κ3) is 3.51. The summed E-state index contributed by atoms with van der Waals surface area (Å²) >= 11 is 6.07. The fraction of sp³-hybridized carbons (Fsp3) is 0.400. The maximum absolute atomic E-state index is 12.3. The van der Waals surface area contributed by atoms with Crippen LogP contribution < -0.4 is 4.72 Å². The molecule has 1 N–H and O–H groups in total. The SMILES string of the molecule is Cc1ccc(S(=O)(=O)NCCn2nc(C)c(Cl)c2C)cc1C. The van der Waals surface area contributed by atoms with E-state index in [1.807, 2.05) is 33.8 Å². The Hall–Kier alpha value is -1.37. The van der Waals surface area contributed by atoms with Gasteiger partial charge in [-0.1, -0.05) is 17.7 Å². The number of nitrogens with zero attached hydrogens (tertiary/aromatic N) is 2. The molecule has 2 aromatic rings. The largest absolute Gasteiger partial charge is 0.267 e. The first-order chi connectivity index (χ1) is 10.2. The number of hydrogen-bond donors (Lipinski definition) is 1. The summed E-state index contributed by atoms with van der Waals surface area (Å²) in [6.07, 6.45) is 0. The summed E-state index contributed by atoms with van der Waals surface area (Å²) in [6.45, 7) is 8.22. The molecule has 0 unspecified atom stereocenters. The van der Waals surface area contributed by atoms with Gasteiger partial charge in [0.2, 0.25) is 10.0 Å². The second kappa shape index (κ2) is 6.40. The number of sulfonamides is 1. The van der Waals surface area contributed by atoms with Gasteiger partial charge in [0.1, 0.15) is 0 Å². The average Bonchev–Trinajstić information content (AvgIpc) is 2.69. The molecule has 0 aliphatic rings. The van der Waals surface area contributed by atoms with Crippen LogP contribution in [0, 0.1) is 27.7 Å². The Morgan fingerprint density at radius 3 is 2.41 bits per heavy atom. The zero-order valence-electron chi connectivity index (χ0n) is 13.1. The Balaban J connectivity index is 2.06. The maximum Gasteiger partial charge on any atom is 0.240 e. The lowest BCUT2D eigenvalue weighted by Gasteiger charge is -2.09. The van der Waals surface area contributed by atoms with Crippen molar-refractivity contribution in [3.05, 3.63) is 45.7 Å². The Labute approximate surface area is 136 Å². The van der Waals surface area contributed by atoms with Gasteiger partial charge in [-0.25, -0.2) is 13.1 Å². The molecule has 0 saturated carbocycles. The van der Waals surface area contributed by atoms with Crippen molar-refractivity contribution < 1.29 is 8.42 Å². The quantitative estimate of drug-likeness (QED) is 0.909. The highest BCUT2D eigenvalue weighted by Gasteiger charge is 2.15. The molecule has 120 valence electrons. The van der Waals surface area contributed by atoms with E-state index in [0.717, 1.165) is 22.5 Å². The summed E-state index contributed by atoms with van der Waals surface area (Å²) in [5, 5.41) is 4.90. The molecular weight excluding hydrogens is 322 g/mol. The van der Waals surface area contributed by atoms with Crippen molar-refractivity contribution >= 4 is 21.6 Å². The second-order valence-corrected chi connectivity index (χ2v) is 7.50. The predicted molar refractivity (Wildman–Crippen MR) is 87.8 cm³/mol. The van der Waals surface area contributed by atoms with E-state index in [-0.39, 0.29) is 11.4 Å². The standard InChI is InChI=1S/C15H20ClN3O2S/c1-10-5-6-14(9-11(10)2)22(20,21)17-7-8-19-13(4)15(16)12(3)18-19/h5-6,9,17H,7-8H2,1-4H3. The lowest BCUT2D eigenvalue weighted by atomic mass is 10.1. The highest BCUT2D eigenvalue weighted by Crippen LogP contribution is 2.18. The van der Waals surface area contributed by atoms with Crippen LogP contribution in [-0.2, 0) is 16.6 Å². The number of rotatable bonds is 5. The van der Waals surface area contributed by atoms with E-state index in [2.05, 4.69) is 9.82 Å². The van der Waals surface area contributed by atoms with Crippen molar-refractivity contribution in [2.75, 3.05) is 6.54 Å². The van der Waals surface area contributed by atoms with Gasteiger partial charge >= 0.3 is 0 Å². The fourth-order valence-electron chi connectivity index (χ4n) is 2.14. The average molecular weight is 342 g/mol. The molecule has 0 amide bonds. The molecule has 7 heteroatoms. The summed E-state index contributed by atoms with van der Waals surface area (Å²) in [6, 6.07) is 5.10. The van der Waals surface area contributed by atoms with E-state index in [9.17, 15) is 8.42 Å². The Morgan fingerprint density at radius 1 is 1.18 bits per heavy atom. The molecule has 0 atom stereocenters. The molecule has 1 aromatic heterocycles. The third-order valence-corrected chi connectivity index (χ3v) is 5.70. The van der Waals surface area contributed by atoms with Crippen molar-refractivity contribution in [3.8, 4) is 0 Å². The summed E-state index contributed by atoms with van der Waals surface area (Å²) < 4.78 is 28.9. The molecule has 0 aliphatic carbocycles. The number of aromatic nitrogens is 2. The summed E-state index contributed by atoms with van der Waals surface area (Å²) in [5.41, 5.74) is 3.60. The molecule has 0 radical (unpaired) electrons. The number of aryl methyl sites for hydroxylation is 3. The molecule has 0 fully saturated rings. The topological polar surface area (TPSA) is 64.0 Å². The number of nitrogens with one attached hydrogen (secondary N) is 1. The van der Waals surface area contributed by atoms with Gasteiger partial charge in [-0.15, -0.1) is 0 Å². The van der Waals surface area contributed by atoms with Crippen molar-refractivity contribution in [1.82, 2.24) is 14.5 Å². The number of hydrogen-bond acceptors (Lipinski definition) is 3. The van der Waals surface area contributed by atoms with E-state index in [1.165, 1.54) is 0 Å². The van der Waals surface area contributed by atoms with E-state index < -0.39 is 10.0 Å². The van der Waals surface area contributed by atoms with Crippen LogP contribution in [0.1, 0.15) is 22.5 Å². The van der Waals surface area contributed by atoms with Crippen LogP contribution in [0.4, 0.5) is 0 Å². The van der Waals surface area contributed by atoms with Gasteiger partial charge in [-0.2, -0.15) is 5.10 Å². The Bertz CT molecular complexity index is 797. The molecule has 5 nitrogen and oxygen atoms in total. The zero-order chi connectivity index (χ0) is 16.5. The fourth-order valence-corrected chi connectivity index (χ4v) is 3.38. The number of halogens is 1. The van der Waals surface area contributed by atoms with Gasteiger partial charge in [0.15, 0.2) is 0 Å². The van der Waals surface area contributed by atoms with E-state index in [1.54, 1.807) is 16.8 Å². The Kier molecular flexibility index (Phi) is 4.94. The smallest absolute Gasteiger partial charge is 0.240 e. The van der Waals surface area contributed by atoms with Crippen LogP contribution in [-0.4, -0.2) is 24.7 Å². The van der Waals surface area contributed by atoms with Crippen molar-refractivity contribution in [3.63, 3.8) is 0 Å². The van der Waals surface area contributed by atoms with Crippen LogP contribution >= 0.6 is 11.6 Å². The van der Waals surface area contributed by atoms with Gasteiger partial charge in [0.25, 0.3) is 0 Å². The Morgan fingerprint density at radius 2 is 1.86 bits per heavy atom. The van der Waals surface area contributed by atoms with Crippen molar-refractivity contribution in [1.29, 1.82) is 0 Å². The molecule has 0 spiro atoms. The van der Waals surface area contributed by atoms with Gasteiger partial charge in [-0.05, 0) is 51.0 Å². The van der Waals surface area contributed by atoms with Crippen LogP contribution in [0.15, 0.2) is 23.1 Å². The van der Waals surface area contributed by atoms with Crippen LogP contribution in [0.5, 0.6) is 0 Å². The van der Waals surface area contributed by atoms with Crippen LogP contribution in [0.2, 0.25) is 5.02 Å². The molecule has 22 heavy (non-hydrogen) atoms. The predicted octanol–water partition coefficient (Wildman–Crippen LogP) is 2.75. The lowest BCUT2D eigenvalue weighted by Crippen LogP contribution is -2.28. The van der Waals surface area contributed by atoms with Gasteiger partial charge in [-0.3, -0.25) is 4.68 Å². The zero-order valence-corrected chi connectivity index (χ0v) is 14.7. The monoisotopic (exact) mass is 341 g/mol. The van der Waals surface area contributed by atoms with Crippen molar-refractivity contribution in [2.24, 2.45) is 0 Å². The molecule has 1 heterocycles. The van der Waals surface area contributed by atoms with Crippen LogP contribution in [0.3, 0.4) is 0 Å². The summed E-state index contributed by atoms with van der Waals surface area (Å²) in [4.78, 5) is 0.280. The summed E-state index contributed by atoms with van der Waals surface area (Å²) in [5.74, 6) is 0. The van der Waals surface area contributed by atoms with Gasteiger partial charge < -0.3 is 0 Å². The minimum atomic E-state index is -3.51. The van der Waals surface area contributed by atoms with E-state index in [0.29, 0.717) is 11.6 Å². The highest BCUT2D eigenvalue weighted by molar-refractivity contribution is 7.89. The first-order valence-corrected chi connectivity index (χ1v) is 8.85. The summed E-state index contributed by atoms with van der Waals surface area (Å²) in [7, 11) is -3.51. The van der Waals surface area contributed by atoms with Crippen molar-refractivity contribution in [2.45, 2.75) is 39.1 Å². The second-order valence-electron chi connectivity index (χ2n) is 5.35. The molecule has 1 aromatic carbocycles. The van der Waals surface area contributed by atoms with E-state index >= 15 is 0 Å². The maximum atomic E-state index is 12.3. The number of benzene rings is 1. The van der Waals surface area contributed by atoms with Crippen LogP contribution in [0.25, 0.3) is 0 Å². The normalized spacial score (nSPS) is 11.9. The highest BCUT2D eigenvalue weighted by atomic mass is 35.5. The van der Waals surface area contributed by atoms with Gasteiger partial charge in [0, 0.05) is 6.54 Å². The first-order valence-electron chi connectivity index (χ1n) is 6.99. The molecule has 0 saturated heterocycles. The molecule has 0 aliphatic heterocycles. The molecule has 2 rings (SSSR count). The van der Waals surface area contributed by atoms with E-state index in [4.69, 9.17) is 11.6 Å². The first kappa shape index (κ1) is 17.0. The lowest BCUT2D eigenvalue weighted by molar-refractivity contribution is 0.554. The molecule has 0 bridgehead atoms. The molecular formula is C15H20ClN3O2S. The third-order valence-electron chi connectivity index (χ3n) is 3.70. The van der Waals surface area contributed by atoms with Gasteiger partial charge in [0.05, 0.1) is 27.9 Å². The minimum absolute atomic E-state index is 0.257. The minimum Gasteiger partial charge on any atom is -0.267 e.